The van der Waals surface area contributed by atoms with Crippen molar-refractivity contribution in [3.05, 3.63) is 87.4 Å². The first-order chi connectivity index (χ1) is 16.3. The molecule has 1 heterocycles. The minimum Gasteiger partial charge on any atom is -0.508 e. The molecular formula is C25H19Cl2NO6. The number of halogens is 2. The molecule has 0 spiro atoms. The number of rotatable bonds is 5. The van der Waals surface area contributed by atoms with Gasteiger partial charge in [-0.15, -0.1) is 0 Å². The Kier molecular flexibility index (Phi) is 6.41. The third-order valence-electron chi connectivity index (χ3n) is 5.45. The Morgan fingerprint density at radius 2 is 1.68 bits per heavy atom. The van der Waals surface area contributed by atoms with Gasteiger partial charge in [-0.1, -0.05) is 41.4 Å². The fourth-order valence-electron chi connectivity index (χ4n) is 3.92. The average molecular weight is 500 g/mol. The summed E-state index contributed by atoms with van der Waals surface area (Å²) in [6.07, 6.45) is 0. The second-order valence-electron chi connectivity index (χ2n) is 7.43. The third-order valence-corrected chi connectivity index (χ3v) is 5.95. The zero-order valence-corrected chi connectivity index (χ0v) is 19.6. The normalized spacial score (nSPS) is 17.2. The Bertz CT molecular complexity index is 1320. The van der Waals surface area contributed by atoms with Crippen LogP contribution in [0.4, 0.5) is 5.69 Å². The van der Waals surface area contributed by atoms with Crippen molar-refractivity contribution in [3.63, 3.8) is 0 Å². The van der Waals surface area contributed by atoms with E-state index in [0.29, 0.717) is 17.0 Å². The molecule has 1 unspecified atom stereocenters. The number of carbonyl (C=O) groups excluding carboxylic acids is 2. The van der Waals surface area contributed by atoms with Crippen LogP contribution in [0.1, 0.15) is 17.2 Å². The van der Waals surface area contributed by atoms with Crippen LogP contribution in [0.3, 0.4) is 0 Å². The zero-order valence-electron chi connectivity index (χ0n) is 18.1. The highest BCUT2D eigenvalue weighted by Gasteiger charge is 2.47. The van der Waals surface area contributed by atoms with Gasteiger partial charge in [-0.2, -0.15) is 0 Å². The number of ketones is 1. The molecule has 0 saturated carbocycles. The Hall–Kier alpha value is -3.68. The number of carbonyl (C=O) groups is 2. The molecule has 4 rings (SSSR count). The quantitative estimate of drug-likeness (QED) is 0.279. The lowest BCUT2D eigenvalue weighted by molar-refractivity contribution is -0.132. The van der Waals surface area contributed by atoms with Gasteiger partial charge < -0.3 is 19.7 Å². The minimum absolute atomic E-state index is 0.00498. The van der Waals surface area contributed by atoms with Crippen molar-refractivity contribution in [2.24, 2.45) is 0 Å². The standard InChI is InChI=1S/C25H19Cl2NO6/c1-33-17-5-3-4-15(12-17)28-21(13-6-8-16(29)9-7-13)20(23(31)25(28)32)22(30)18-10-14(26)11-19(27)24(18)34-2/h3-12,21,29-30H,1-2H3/b22-20+. The van der Waals surface area contributed by atoms with Crippen LogP contribution >= 0.6 is 23.2 Å². The molecule has 0 aromatic heterocycles. The topological polar surface area (TPSA) is 96.3 Å². The van der Waals surface area contributed by atoms with E-state index in [0.717, 1.165) is 0 Å². The molecule has 2 N–H and O–H groups in total. The Balaban J connectivity index is 2.00. The Morgan fingerprint density at radius 3 is 2.32 bits per heavy atom. The molecule has 3 aromatic rings. The van der Waals surface area contributed by atoms with Crippen molar-refractivity contribution < 1.29 is 29.3 Å². The van der Waals surface area contributed by atoms with Crippen molar-refractivity contribution in [1.82, 2.24) is 0 Å². The summed E-state index contributed by atoms with van der Waals surface area (Å²) in [5.74, 6) is -1.67. The first-order valence-corrected chi connectivity index (χ1v) is 10.8. The molecular weight excluding hydrogens is 481 g/mol. The zero-order chi connectivity index (χ0) is 24.6. The lowest BCUT2D eigenvalue weighted by Gasteiger charge is -2.26. The van der Waals surface area contributed by atoms with Gasteiger partial charge in [0, 0.05) is 16.8 Å². The highest BCUT2D eigenvalue weighted by Crippen LogP contribution is 2.45. The molecule has 0 bridgehead atoms. The van der Waals surface area contributed by atoms with Gasteiger partial charge in [0.25, 0.3) is 11.7 Å². The van der Waals surface area contributed by atoms with Gasteiger partial charge in [-0.05, 0) is 42.0 Å². The fraction of sp³-hybridized carbons (Fsp3) is 0.120. The number of hydrogen-bond acceptors (Lipinski definition) is 6. The van der Waals surface area contributed by atoms with E-state index in [1.807, 2.05) is 0 Å². The number of amides is 1. The number of aliphatic hydroxyl groups is 1. The van der Waals surface area contributed by atoms with Crippen LogP contribution in [0, 0.1) is 0 Å². The van der Waals surface area contributed by atoms with Crippen LogP contribution in [-0.2, 0) is 9.59 Å². The highest BCUT2D eigenvalue weighted by molar-refractivity contribution is 6.52. The largest absolute Gasteiger partial charge is 0.508 e. The summed E-state index contributed by atoms with van der Waals surface area (Å²) >= 11 is 12.4. The predicted molar refractivity (Wildman–Crippen MR) is 129 cm³/mol. The number of hydrogen-bond donors (Lipinski definition) is 2. The smallest absolute Gasteiger partial charge is 0.300 e. The number of nitrogens with zero attached hydrogens (tertiary/aromatic N) is 1. The molecule has 3 aromatic carbocycles. The van der Waals surface area contributed by atoms with Gasteiger partial charge in [0.05, 0.1) is 36.4 Å². The number of phenols is 1. The summed E-state index contributed by atoms with van der Waals surface area (Å²) < 4.78 is 10.6. The molecule has 1 saturated heterocycles. The van der Waals surface area contributed by atoms with Crippen molar-refractivity contribution in [1.29, 1.82) is 0 Å². The van der Waals surface area contributed by atoms with Crippen molar-refractivity contribution in [2.75, 3.05) is 19.1 Å². The van der Waals surface area contributed by atoms with Gasteiger partial charge in [0.1, 0.15) is 23.0 Å². The van der Waals surface area contributed by atoms with E-state index in [2.05, 4.69) is 0 Å². The number of benzene rings is 3. The first-order valence-electron chi connectivity index (χ1n) is 10.0. The maximum absolute atomic E-state index is 13.3. The van der Waals surface area contributed by atoms with Crippen molar-refractivity contribution in [3.8, 4) is 17.2 Å². The number of anilines is 1. The average Bonchev–Trinajstić information content (AvgIpc) is 3.09. The molecule has 174 valence electrons. The molecule has 34 heavy (non-hydrogen) atoms. The van der Waals surface area contributed by atoms with Gasteiger partial charge >= 0.3 is 0 Å². The maximum atomic E-state index is 13.3. The fourth-order valence-corrected chi connectivity index (χ4v) is 4.49. The summed E-state index contributed by atoms with van der Waals surface area (Å²) in [6.45, 7) is 0. The van der Waals surface area contributed by atoms with E-state index in [-0.39, 0.29) is 32.7 Å². The number of phenolic OH excluding ortho intramolecular Hbond substituents is 1. The number of ether oxygens (including phenoxy) is 2. The lowest BCUT2D eigenvalue weighted by Crippen LogP contribution is -2.29. The number of Topliss-reactive ketones (excluding diaryl/α,β-unsaturated/α-hetero) is 1. The summed E-state index contributed by atoms with van der Waals surface area (Å²) in [5, 5.41) is 21.4. The summed E-state index contributed by atoms with van der Waals surface area (Å²) in [5.41, 5.74) is 0.741. The van der Waals surface area contributed by atoms with Gasteiger partial charge in [0.2, 0.25) is 0 Å². The van der Waals surface area contributed by atoms with Crippen LogP contribution in [0.25, 0.3) is 5.76 Å². The van der Waals surface area contributed by atoms with Crippen molar-refractivity contribution >= 4 is 46.3 Å². The second-order valence-corrected chi connectivity index (χ2v) is 8.27. The Labute approximate surface area is 205 Å². The van der Waals surface area contributed by atoms with E-state index >= 15 is 0 Å². The number of aromatic hydroxyl groups is 1. The molecule has 1 aliphatic heterocycles. The van der Waals surface area contributed by atoms with E-state index in [9.17, 15) is 19.8 Å². The molecule has 1 amide bonds. The van der Waals surface area contributed by atoms with Crippen LogP contribution in [0.5, 0.6) is 17.2 Å². The van der Waals surface area contributed by atoms with Gasteiger partial charge in [0.15, 0.2) is 0 Å². The van der Waals surface area contributed by atoms with Gasteiger partial charge in [-0.3, -0.25) is 14.5 Å². The van der Waals surface area contributed by atoms with Crippen molar-refractivity contribution in [2.45, 2.75) is 6.04 Å². The maximum Gasteiger partial charge on any atom is 0.300 e. The van der Waals surface area contributed by atoms with E-state index < -0.39 is 23.5 Å². The highest BCUT2D eigenvalue weighted by atomic mass is 35.5. The molecule has 0 radical (unpaired) electrons. The second kappa shape index (κ2) is 9.29. The minimum atomic E-state index is -1.02. The summed E-state index contributed by atoms with van der Waals surface area (Å²) in [4.78, 5) is 27.8. The van der Waals surface area contributed by atoms with E-state index in [1.165, 1.54) is 43.4 Å². The predicted octanol–water partition coefficient (Wildman–Crippen LogP) is 5.34. The lowest BCUT2D eigenvalue weighted by atomic mass is 9.94. The summed E-state index contributed by atoms with van der Waals surface area (Å²) in [7, 11) is 2.85. The van der Waals surface area contributed by atoms with E-state index in [1.54, 1.807) is 36.4 Å². The van der Waals surface area contributed by atoms with Crippen LogP contribution in [0.2, 0.25) is 10.0 Å². The molecule has 7 nitrogen and oxygen atoms in total. The first kappa shape index (κ1) is 23.5. The van der Waals surface area contributed by atoms with Crippen LogP contribution in [-0.4, -0.2) is 36.1 Å². The Morgan fingerprint density at radius 1 is 0.971 bits per heavy atom. The number of aliphatic hydroxyl groups excluding tert-OH is 1. The molecule has 1 fully saturated rings. The van der Waals surface area contributed by atoms with E-state index in [4.69, 9.17) is 32.7 Å². The third kappa shape index (κ3) is 4.04. The molecule has 9 heteroatoms. The number of methoxy groups -OCH3 is 2. The summed E-state index contributed by atoms with van der Waals surface area (Å²) in [6, 6.07) is 14.4. The molecule has 1 aliphatic rings. The van der Waals surface area contributed by atoms with Crippen LogP contribution in [0.15, 0.2) is 66.2 Å². The molecule has 1 atom stereocenters. The van der Waals surface area contributed by atoms with Crippen LogP contribution < -0.4 is 14.4 Å². The molecule has 0 aliphatic carbocycles. The SMILES string of the molecule is COc1cccc(N2C(=O)C(=O)/C(=C(/O)c3cc(Cl)cc(Cl)c3OC)C2c2ccc(O)cc2)c1. The monoisotopic (exact) mass is 499 g/mol. The van der Waals surface area contributed by atoms with Gasteiger partial charge in [-0.25, -0.2) is 0 Å².